The second-order valence-electron chi connectivity index (χ2n) is 9.79. The average molecular weight is 616 g/mol. The Kier molecular flexibility index (Phi) is 7.22. The summed E-state index contributed by atoms with van der Waals surface area (Å²) in [6.07, 6.45) is -4.82. The standard InChI is InChI=1S/C32H21F4N5O2S/c1-17-24(26(19-8-4-2-5-9-19)40-41(17)21-10-6-3-7-11-21)30(43)39-27-25-22(18-12-14-20(33)15-13-18)16-23(32(34,35)36)38-31(25)44-28(27)29(37)42/h2-16H,1H3,(H2,37,42)(H,39,43). The smallest absolute Gasteiger partial charge is 0.365 e. The molecule has 0 aliphatic carbocycles. The summed E-state index contributed by atoms with van der Waals surface area (Å²) in [6, 6.07) is 23.8. The van der Waals surface area contributed by atoms with Gasteiger partial charge in [0.2, 0.25) is 0 Å². The number of amides is 2. The predicted molar refractivity (Wildman–Crippen MR) is 160 cm³/mol. The molecule has 2 amide bonds. The van der Waals surface area contributed by atoms with E-state index in [9.17, 15) is 27.2 Å². The number of pyridine rings is 1. The second kappa shape index (κ2) is 11.0. The van der Waals surface area contributed by atoms with Gasteiger partial charge in [-0.05, 0) is 48.4 Å². The van der Waals surface area contributed by atoms with Gasteiger partial charge >= 0.3 is 6.18 Å². The van der Waals surface area contributed by atoms with Crippen LogP contribution in [0.5, 0.6) is 0 Å². The van der Waals surface area contributed by atoms with Gasteiger partial charge in [-0.3, -0.25) is 9.59 Å². The molecule has 6 rings (SSSR count). The number of aromatic nitrogens is 3. The third-order valence-corrected chi connectivity index (χ3v) is 8.06. The summed E-state index contributed by atoms with van der Waals surface area (Å²) in [7, 11) is 0. The average Bonchev–Trinajstić information content (AvgIpc) is 3.55. The number of benzene rings is 3. The number of nitrogens with zero attached hydrogens (tertiary/aromatic N) is 3. The number of rotatable bonds is 6. The number of carbonyl (C=O) groups excluding carboxylic acids is 2. The van der Waals surface area contributed by atoms with Gasteiger partial charge in [0.15, 0.2) is 0 Å². The molecule has 0 aliphatic rings. The van der Waals surface area contributed by atoms with Crippen LogP contribution in [0.4, 0.5) is 23.2 Å². The molecule has 7 nitrogen and oxygen atoms in total. The molecule has 3 aromatic heterocycles. The monoisotopic (exact) mass is 615 g/mol. The molecule has 0 bridgehead atoms. The first kappa shape index (κ1) is 28.7. The van der Waals surface area contributed by atoms with Gasteiger partial charge in [0.05, 0.1) is 22.6 Å². The number of carbonyl (C=O) groups is 2. The van der Waals surface area contributed by atoms with Crippen LogP contribution in [0.15, 0.2) is 91.0 Å². The number of anilines is 1. The first-order valence-corrected chi connectivity index (χ1v) is 14.0. The highest BCUT2D eigenvalue weighted by Crippen LogP contribution is 2.44. The van der Waals surface area contributed by atoms with E-state index in [0.29, 0.717) is 34.0 Å². The zero-order valence-corrected chi connectivity index (χ0v) is 23.6. The van der Waals surface area contributed by atoms with Crippen molar-refractivity contribution in [3.63, 3.8) is 0 Å². The van der Waals surface area contributed by atoms with Crippen molar-refractivity contribution in [2.45, 2.75) is 13.1 Å². The van der Waals surface area contributed by atoms with Gasteiger partial charge in [-0.2, -0.15) is 18.3 Å². The largest absolute Gasteiger partial charge is 0.433 e. The molecule has 0 atom stereocenters. The number of nitrogens with one attached hydrogen (secondary N) is 1. The molecule has 6 aromatic rings. The lowest BCUT2D eigenvalue weighted by Crippen LogP contribution is -2.18. The highest BCUT2D eigenvalue weighted by atomic mass is 32.1. The molecule has 0 saturated heterocycles. The fraction of sp³-hybridized carbons (Fsp3) is 0.0625. The highest BCUT2D eigenvalue weighted by Gasteiger charge is 2.35. The number of hydrogen-bond acceptors (Lipinski definition) is 5. The summed E-state index contributed by atoms with van der Waals surface area (Å²) in [4.78, 5) is 30.1. The van der Waals surface area contributed by atoms with Crippen LogP contribution >= 0.6 is 11.3 Å². The second-order valence-corrected chi connectivity index (χ2v) is 10.8. The van der Waals surface area contributed by atoms with E-state index in [1.807, 2.05) is 36.4 Å². The summed E-state index contributed by atoms with van der Waals surface area (Å²) in [5.74, 6) is -2.23. The van der Waals surface area contributed by atoms with Crippen molar-refractivity contribution in [1.82, 2.24) is 14.8 Å². The quantitative estimate of drug-likeness (QED) is 0.188. The maximum atomic E-state index is 14.1. The Balaban J connectivity index is 1.57. The lowest BCUT2D eigenvalue weighted by atomic mass is 10.0. The van der Waals surface area contributed by atoms with E-state index in [-0.39, 0.29) is 37.5 Å². The molecule has 3 aromatic carbocycles. The molecular formula is C32H21F4N5O2S. The van der Waals surface area contributed by atoms with Crippen molar-refractivity contribution < 1.29 is 27.2 Å². The minimum atomic E-state index is -4.82. The predicted octanol–water partition coefficient (Wildman–Crippen LogP) is 7.63. The van der Waals surface area contributed by atoms with Crippen molar-refractivity contribution in [1.29, 1.82) is 0 Å². The summed E-state index contributed by atoms with van der Waals surface area (Å²) >= 11 is 0.623. The first-order valence-electron chi connectivity index (χ1n) is 13.1. The molecule has 3 heterocycles. The van der Waals surface area contributed by atoms with Crippen LogP contribution in [0.3, 0.4) is 0 Å². The number of primary amides is 1. The van der Waals surface area contributed by atoms with Crippen LogP contribution in [0.2, 0.25) is 0 Å². The highest BCUT2D eigenvalue weighted by molar-refractivity contribution is 7.21. The van der Waals surface area contributed by atoms with Crippen LogP contribution in [-0.4, -0.2) is 26.6 Å². The van der Waals surface area contributed by atoms with Crippen molar-refractivity contribution >= 4 is 39.1 Å². The Bertz CT molecular complexity index is 2040. The van der Waals surface area contributed by atoms with Gasteiger partial charge in [0.1, 0.15) is 26.9 Å². The third-order valence-electron chi connectivity index (χ3n) is 6.96. The molecule has 0 unspecified atom stereocenters. The van der Waals surface area contributed by atoms with Gasteiger partial charge in [-0.1, -0.05) is 60.7 Å². The Labute approximate surface area is 251 Å². The number of alkyl halides is 3. The van der Waals surface area contributed by atoms with E-state index in [2.05, 4.69) is 10.3 Å². The van der Waals surface area contributed by atoms with Crippen molar-refractivity contribution in [2.75, 3.05) is 5.32 Å². The van der Waals surface area contributed by atoms with Gasteiger partial charge < -0.3 is 11.1 Å². The lowest BCUT2D eigenvalue weighted by molar-refractivity contribution is -0.140. The molecule has 12 heteroatoms. The van der Waals surface area contributed by atoms with Gasteiger partial charge in [0, 0.05) is 10.9 Å². The van der Waals surface area contributed by atoms with E-state index in [0.717, 1.165) is 18.2 Å². The number of para-hydroxylation sites is 1. The van der Waals surface area contributed by atoms with Gasteiger partial charge in [0.25, 0.3) is 11.8 Å². The first-order chi connectivity index (χ1) is 21.0. The van der Waals surface area contributed by atoms with Crippen molar-refractivity contribution in [3.05, 3.63) is 119 Å². The minimum absolute atomic E-state index is 0.0126. The Hall–Kier alpha value is -5.36. The van der Waals surface area contributed by atoms with E-state index in [1.54, 1.807) is 35.9 Å². The zero-order chi connectivity index (χ0) is 31.2. The van der Waals surface area contributed by atoms with E-state index >= 15 is 0 Å². The normalized spacial score (nSPS) is 11.6. The molecular weight excluding hydrogens is 594 g/mol. The summed E-state index contributed by atoms with van der Waals surface area (Å²) < 4.78 is 57.0. The summed E-state index contributed by atoms with van der Waals surface area (Å²) in [5.41, 5.74) is 6.88. The van der Waals surface area contributed by atoms with E-state index < -0.39 is 29.5 Å². The number of nitrogens with two attached hydrogens (primary N) is 1. The number of hydrogen-bond donors (Lipinski definition) is 2. The fourth-order valence-corrected chi connectivity index (χ4v) is 5.97. The number of fused-ring (bicyclic) bond motifs is 1. The van der Waals surface area contributed by atoms with Crippen LogP contribution in [-0.2, 0) is 6.18 Å². The third kappa shape index (κ3) is 5.20. The van der Waals surface area contributed by atoms with Crippen LogP contribution < -0.4 is 11.1 Å². The van der Waals surface area contributed by atoms with Crippen LogP contribution in [0.1, 0.15) is 31.4 Å². The van der Waals surface area contributed by atoms with E-state index in [4.69, 9.17) is 10.8 Å². The zero-order valence-electron chi connectivity index (χ0n) is 22.8. The molecule has 0 aliphatic heterocycles. The summed E-state index contributed by atoms with van der Waals surface area (Å²) in [6.45, 7) is 1.71. The Morgan fingerprint density at radius 1 is 0.909 bits per heavy atom. The van der Waals surface area contributed by atoms with E-state index in [1.165, 1.54) is 12.1 Å². The number of thiophene rings is 1. The molecule has 0 spiro atoms. The van der Waals surface area contributed by atoms with Gasteiger partial charge in [-0.25, -0.2) is 14.1 Å². The van der Waals surface area contributed by atoms with Crippen molar-refractivity contribution in [3.8, 4) is 28.1 Å². The molecule has 44 heavy (non-hydrogen) atoms. The molecule has 0 fully saturated rings. The van der Waals surface area contributed by atoms with Crippen molar-refractivity contribution in [2.24, 2.45) is 5.73 Å². The lowest BCUT2D eigenvalue weighted by Gasteiger charge is -2.13. The molecule has 0 saturated carbocycles. The Morgan fingerprint density at radius 2 is 1.55 bits per heavy atom. The summed E-state index contributed by atoms with van der Waals surface area (Å²) in [5, 5.41) is 7.54. The molecule has 0 radical (unpaired) electrons. The van der Waals surface area contributed by atoms with Crippen LogP contribution in [0, 0.1) is 12.7 Å². The maximum Gasteiger partial charge on any atom is 0.433 e. The maximum absolute atomic E-state index is 14.1. The molecule has 220 valence electrons. The topological polar surface area (TPSA) is 103 Å². The molecule has 3 N–H and O–H groups in total. The fourth-order valence-electron chi connectivity index (χ4n) is 4.96. The van der Waals surface area contributed by atoms with Crippen LogP contribution in [0.25, 0.3) is 38.3 Å². The SMILES string of the molecule is Cc1c(C(=O)Nc2c(C(N)=O)sc3nc(C(F)(F)F)cc(-c4ccc(F)cc4)c23)c(-c2ccccc2)nn1-c1ccccc1. The van der Waals surface area contributed by atoms with Gasteiger partial charge in [-0.15, -0.1) is 11.3 Å². The minimum Gasteiger partial charge on any atom is -0.365 e. The Morgan fingerprint density at radius 3 is 2.16 bits per heavy atom. The number of halogens is 4.